The summed E-state index contributed by atoms with van der Waals surface area (Å²) in [5, 5.41) is 8.16. The normalized spacial score (nSPS) is 12.5. The number of nitrogens with one attached hydrogen (secondary N) is 2. The zero-order valence-corrected chi connectivity index (χ0v) is 15.3. The van der Waals surface area contributed by atoms with E-state index in [0.717, 1.165) is 22.5 Å². The summed E-state index contributed by atoms with van der Waals surface area (Å²) in [6, 6.07) is 14.1. The summed E-state index contributed by atoms with van der Waals surface area (Å²) in [7, 11) is 0. The van der Waals surface area contributed by atoms with Crippen molar-refractivity contribution in [2.45, 2.75) is 19.5 Å². The van der Waals surface area contributed by atoms with Crippen LogP contribution in [0, 0.1) is 0 Å². The molecular formula is C19H17N3OS2. The SMILES string of the molecule is C[C@@H](NCc1cccs1)c1nc2scc(-c3ccccc3)c2c(=O)[nH]1. The fourth-order valence-corrected chi connectivity index (χ4v) is 4.38. The minimum absolute atomic E-state index is 0.0264. The Morgan fingerprint density at radius 1 is 1.16 bits per heavy atom. The van der Waals surface area contributed by atoms with Gasteiger partial charge in [0.15, 0.2) is 0 Å². The Morgan fingerprint density at radius 2 is 2.00 bits per heavy atom. The smallest absolute Gasteiger partial charge is 0.260 e. The minimum atomic E-state index is -0.0788. The molecule has 2 N–H and O–H groups in total. The molecule has 0 saturated carbocycles. The number of hydrogen-bond donors (Lipinski definition) is 2. The molecule has 0 amide bonds. The first kappa shape index (κ1) is 16.2. The van der Waals surface area contributed by atoms with Crippen LogP contribution in [0.1, 0.15) is 23.7 Å². The molecule has 0 bridgehead atoms. The van der Waals surface area contributed by atoms with Gasteiger partial charge < -0.3 is 10.3 Å². The molecule has 0 aliphatic carbocycles. The fraction of sp³-hybridized carbons (Fsp3) is 0.158. The van der Waals surface area contributed by atoms with E-state index in [2.05, 4.69) is 26.7 Å². The van der Waals surface area contributed by atoms with Gasteiger partial charge in [0.05, 0.1) is 11.4 Å². The molecule has 25 heavy (non-hydrogen) atoms. The largest absolute Gasteiger partial charge is 0.309 e. The van der Waals surface area contributed by atoms with E-state index in [1.807, 2.05) is 48.7 Å². The number of hydrogen-bond acceptors (Lipinski definition) is 5. The summed E-state index contributed by atoms with van der Waals surface area (Å²) in [5.74, 6) is 0.676. The number of H-pyrrole nitrogens is 1. The fourth-order valence-electron chi connectivity index (χ4n) is 2.76. The molecule has 0 aliphatic heterocycles. The predicted molar refractivity (Wildman–Crippen MR) is 105 cm³/mol. The Morgan fingerprint density at radius 3 is 2.76 bits per heavy atom. The highest BCUT2D eigenvalue weighted by Gasteiger charge is 2.15. The topological polar surface area (TPSA) is 57.8 Å². The summed E-state index contributed by atoms with van der Waals surface area (Å²) in [6.07, 6.45) is 0. The molecule has 3 aromatic heterocycles. The average Bonchev–Trinajstić information content (AvgIpc) is 3.30. The molecule has 6 heteroatoms. The first-order valence-corrected chi connectivity index (χ1v) is 9.81. The van der Waals surface area contributed by atoms with Crippen molar-refractivity contribution < 1.29 is 0 Å². The minimum Gasteiger partial charge on any atom is -0.309 e. The van der Waals surface area contributed by atoms with E-state index in [1.165, 1.54) is 16.2 Å². The predicted octanol–water partition coefficient (Wildman–Crippen LogP) is 4.56. The van der Waals surface area contributed by atoms with Gasteiger partial charge in [-0.1, -0.05) is 36.4 Å². The van der Waals surface area contributed by atoms with Crippen molar-refractivity contribution in [3.8, 4) is 11.1 Å². The maximum Gasteiger partial charge on any atom is 0.260 e. The number of fused-ring (bicyclic) bond motifs is 1. The molecule has 1 atom stereocenters. The molecule has 4 aromatic rings. The quantitative estimate of drug-likeness (QED) is 0.543. The van der Waals surface area contributed by atoms with Crippen LogP contribution in [0.4, 0.5) is 0 Å². The maximum absolute atomic E-state index is 12.7. The third-order valence-electron chi connectivity index (χ3n) is 4.12. The van der Waals surface area contributed by atoms with E-state index in [0.29, 0.717) is 11.2 Å². The molecule has 0 spiro atoms. The Balaban J connectivity index is 1.65. The second-order valence-corrected chi connectivity index (χ2v) is 7.72. The van der Waals surface area contributed by atoms with Gasteiger partial charge in [0.25, 0.3) is 5.56 Å². The lowest BCUT2D eigenvalue weighted by molar-refractivity contribution is 0.550. The molecule has 4 nitrogen and oxygen atoms in total. The molecule has 1 aromatic carbocycles. The number of thiophene rings is 2. The van der Waals surface area contributed by atoms with E-state index in [4.69, 9.17) is 0 Å². The number of aromatic amines is 1. The number of aromatic nitrogens is 2. The first-order valence-electron chi connectivity index (χ1n) is 8.05. The van der Waals surface area contributed by atoms with Crippen LogP contribution in [-0.2, 0) is 6.54 Å². The average molecular weight is 367 g/mol. The molecule has 126 valence electrons. The lowest BCUT2D eigenvalue weighted by Crippen LogP contribution is -2.23. The van der Waals surface area contributed by atoms with E-state index < -0.39 is 0 Å². The number of nitrogens with zero attached hydrogens (tertiary/aromatic N) is 1. The number of benzene rings is 1. The van der Waals surface area contributed by atoms with Crippen molar-refractivity contribution in [2.75, 3.05) is 0 Å². The van der Waals surface area contributed by atoms with E-state index in [9.17, 15) is 4.79 Å². The van der Waals surface area contributed by atoms with Gasteiger partial charge in [0.2, 0.25) is 0 Å². The van der Waals surface area contributed by atoms with Gasteiger partial charge in [0.1, 0.15) is 10.7 Å². The van der Waals surface area contributed by atoms with Gasteiger partial charge in [-0.2, -0.15) is 0 Å². The van der Waals surface area contributed by atoms with Crippen LogP contribution in [0.25, 0.3) is 21.3 Å². The van der Waals surface area contributed by atoms with E-state index in [1.54, 1.807) is 11.3 Å². The van der Waals surface area contributed by atoms with Crippen LogP contribution in [0.15, 0.2) is 58.0 Å². The van der Waals surface area contributed by atoms with Gasteiger partial charge in [-0.3, -0.25) is 4.79 Å². The highest BCUT2D eigenvalue weighted by Crippen LogP contribution is 2.30. The highest BCUT2D eigenvalue weighted by atomic mass is 32.1. The Hall–Kier alpha value is -2.28. The van der Waals surface area contributed by atoms with Gasteiger partial charge in [-0.25, -0.2) is 4.98 Å². The molecule has 0 aliphatic rings. The van der Waals surface area contributed by atoms with Crippen LogP contribution >= 0.6 is 22.7 Å². The van der Waals surface area contributed by atoms with Crippen molar-refractivity contribution in [2.24, 2.45) is 0 Å². The zero-order valence-electron chi connectivity index (χ0n) is 13.7. The molecule has 0 saturated heterocycles. The lowest BCUT2D eigenvalue weighted by atomic mass is 10.1. The van der Waals surface area contributed by atoms with Crippen LogP contribution in [0.3, 0.4) is 0 Å². The van der Waals surface area contributed by atoms with Crippen molar-refractivity contribution in [1.29, 1.82) is 0 Å². The first-order chi connectivity index (χ1) is 12.2. The van der Waals surface area contributed by atoms with Gasteiger partial charge >= 0.3 is 0 Å². The second-order valence-electron chi connectivity index (χ2n) is 5.83. The molecule has 3 heterocycles. The molecule has 4 rings (SSSR count). The monoisotopic (exact) mass is 367 g/mol. The summed E-state index contributed by atoms with van der Waals surface area (Å²) in [4.78, 5) is 22.4. The lowest BCUT2D eigenvalue weighted by Gasteiger charge is -2.12. The number of rotatable bonds is 5. The van der Waals surface area contributed by atoms with Crippen molar-refractivity contribution >= 4 is 32.9 Å². The van der Waals surface area contributed by atoms with E-state index in [-0.39, 0.29) is 11.6 Å². The Labute approximate surface area is 153 Å². The van der Waals surface area contributed by atoms with Crippen molar-refractivity contribution in [3.63, 3.8) is 0 Å². The molecular weight excluding hydrogens is 350 g/mol. The van der Waals surface area contributed by atoms with Gasteiger partial charge in [-0.05, 0) is 23.9 Å². The third-order valence-corrected chi connectivity index (χ3v) is 5.87. The van der Waals surface area contributed by atoms with Crippen molar-refractivity contribution in [3.05, 3.63) is 74.3 Å². The zero-order chi connectivity index (χ0) is 17.2. The van der Waals surface area contributed by atoms with Crippen LogP contribution in [-0.4, -0.2) is 9.97 Å². The van der Waals surface area contributed by atoms with Gasteiger partial charge in [-0.15, -0.1) is 22.7 Å². The summed E-state index contributed by atoms with van der Waals surface area (Å²) in [5.41, 5.74) is 1.91. The second kappa shape index (κ2) is 6.92. The van der Waals surface area contributed by atoms with E-state index >= 15 is 0 Å². The summed E-state index contributed by atoms with van der Waals surface area (Å²) < 4.78 is 0. The van der Waals surface area contributed by atoms with Crippen LogP contribution < -0.4 is 10.9 Å². The van der Waals surface area contributed by atoms with Crippen LogP contribution in [0.2, 0.25) is 0 Å². The standard InChI is InChI=1S/C19H17N3OS2/c1-12(20-10-14-8-5-9-24-14)17-21-18(23)16-15(11-25-19(16)22-17)13-6-3-2-4-7-13/h2-9,11-12,20H,10H2,1H3,(H,21,22,23)/t12-/m1/s1. The highest BCUT2D eigenvalue weighted by molar-refractivity contribution is 7.17. The summed E-state index contributed by atoms with van der Waals surface area (Å²) >= 11 is 3.23. The Bertz CT molecular complexity index is 1040. The van der Waals surface area contributed by atoms with Gasteiger partial charge in [0, 0.05) is 22.4 Å². The third kappa shape index (κ3) is 3.28. The Kier molecular flexibility index (Phi) is 4.48. The summed E-state index contributed by atoms with van der Waals surface area (Å²) in [6.45, 7) is 2.78. The van der Waals surface area contributed by atoms with Crippen molar-refractivity contribution in [1.82, 2.24) is 15.3 Å². The molecule has 0 fully saturated rings. The molecule has 0 radical (unpaired) electrons. The molecule has 0 unspecified atom stereocenters. The van der Waals surface area contributed by atoms with Crippen LogP contribution in [0.5, 0.6) is 0 Å². The maximum atomic E-state index is 12.7.